The highest BCUT2D eigenvalue weighted by Gasteiger charge is 2.37. The molecule has 1 fully saturated rings. The zero-order valence-corrected chi connectivity index (χ0v) is 11.5. The fourth-order valence-electron chi connectivity index (χ4n) is 2.64. The summed E-state index contributed by atoms with van der Waals surface area (Å²) in [4.78, 5) is 2.45. The Morgan fingerprint density at radius 3 is 2.44 bits per heavy atom. The van der Waals surface area contributed by atoms with Crippen molar-refractivity contribution in [2.45, 2.75) is 24.2 Å². The van der Waals surface area contributed by atoms with Crippen LogP contribution in [-0.4, -0.2) is 26.4 Å². The third kappa shape index (κ3) is 1.67. The topological polar surface area (TPSA) is 37.4 Å². The average Bonchev–Trinajstić information content (AvgIpc) is 2.60. The van der Waals surface area contributed by atoms with Gasteiger partial charge in [0.15, 0.2) is 4.36 Å². The second kappa shape index (κ2) is 4.28. The monoisotopic (exact) mass is 283 g/mol. The molecule has 1 aromatic carbocycles. The summed E-state index contributed by atoms with van der Waals surface area (Å²) < 4.78 is 24.4. The minimum Gasteiger partial charge on any atom is -0.369 e. The quantitative estimate of drug-likeness (QED) is 0.795. The van der Waals surface area contributed by atoms with Crippen LogP contribution >= 0.6 is 11.6 Å². The predicted octanol–water partition coefficient (Wildman–Crippen LogP) is 2.82. The molecule has 0 aliphatic carbocycles. The molecule has 2 aliphatic rings. The molecule has 0 amide bonds. The first-order valence-corrected chi connectivity index (χ1v) is 7.98. The molecule has 0 atom stereocenters. The van der Waals surface area contributed by atoms with Crippen molar-refractivity contribution in [2.75, 3.05) is 13.1 Å². The number of benzene rings is 1. The van der Waals surface area contributed by atoms with Crippen molar-refractivity contribution in [3.05, 3.63) is 34.2 Å². The molecular formula is C13H14ClNO2S. The summed E-state index contributed by atoms with van der Waals surface area (Å²) in [6, 6.07) is 7.06. The van der Waals surface area contributed by atoms with Crippen molar-refractivity contribution in [2.24, 2.45) is 0 Å². The molecule has 1 saturated heterocycles. The van der Waals surface area contributed by atoms with Crippen molar-refractivity contribution in [1.82, 2.24) is 4.90 Å². The van der Waals surface area contributed by atoms with Gasteiger partial charge in [-0.2, -0.15) is 0 Å². The fraction of sp³-hybridized carbons (Fsp3) is 0.385. The Bertz CT molecular complexity index is 616. The van der Waals surface area contributed by atoms with E-state index in [9.17, 15) is 8.42 Å². The first-order valence-electron chi connectivity index (χ1n) is 6.11. The molecule has 3 nitrogen and oxygen atoms in total. The number of nitrogens with zero attached hydrogens (tertiary/aromatic N) is 1. The van der Waals surface area contributed by atoms with Gasteiger partial charge in [0.05, 0.1) is 10.6 Å². The predicted molar refractivity (Wildman–Crippen MR) is 71.8 cm³/mol. The van der Waals surface area contributed by atoms with Crippen LogP contribution in [0.15, 0.2) is 33.5 Å². The van der Waals surface area contributed by atoms with E-state index in [1.807, 2.05) is 12.1 Å². The minimum absolute atomic E-state index is 0.00870. The van der Waals surface area contributed by atoms with E-state index >= 15 is 0 Å². The standard InChI is InChI=1S/C13H14ClNO2S/c14-13-12(15-8-4-1-5-9-15)10-6-2-3-7-11(10)18(13,16)17/h2-3,6-7H,1,4-5,8-9H2. The molecule has 0 radical (unpaired) electrons. The lowest BCUT2D eigenvalue weighted by molar-refractivity contribution is 0.326. The normalized spacial score (nSPS) is 22.2. The smallest absolute Gasteiger partial charge is 0.220 e. The molecule has 3 rings (SSSR count). The Morgan fingerprint density at radius 2 is 1.72 bits per heavy atom. The van der Waals surface area contributed by atoms with Gasteiger partial charge in [0.25, 0.3) is 0 Å². The lowest BCUT2D eigenvalue weighted by Crippen LogP contribution is -2.28. The van der Waals surface area contributed by atoms with Crippen molar-refractivity contribution in [3.8, 4) is 0 Å². The Balaban J connectivity index is 2.16. The molecule has 0 spiro atoms. The Morgan fingerprint density at radius 1 is 1.06 bits per heavy atom. The first kappa shape index (κ1) is 12.1. The molecule has 96 valence electrons. The van der Waals surface area contributed by atoms with E-state index in [0.29, 0.717) is 10.6 Å². The number of halogens is 1. The number of fused-ring (bicyclic) bond motifs is 1. The minimum atomic E-state index is -3.48. The highest BCUT2D eigenvalue weighted by molar-refractivity contribution is 7.97. The summed E-state index contributed by atoms with van der Waals surface area (Å²) in [5.74, 6) is 0. The van der Waals surface area contributed by atoms with Gasteiger partial charge in [0.2, 0.25) is 9.84 Å². The fourth-order valence-corrected chi connectivity index (χ4v) is 4.51. The first-order chi connectivity index (χ1) is 8.62. The number of sulfone groups is 1. The molecular weight excluding hydrogens is 270 g/mol. The van der Waals surface area contributed by atoms with E-state index in [0.717, 1.165) is 31.5 Å². The molecule has 18 heavy (non-hydrogen) atoms. The second-order valence-electron chi connectivity index (χ2n) is 4.67. The van der Waals surface area contributed by atoms with E-state index in [1.54, 1.807) is 12.1 Å². The van der Waals surface area contributed by atoms with Gasteiger partial charge in [-0.25, -0.2) is 8.42 Å². The summed E-state index contributed by atoms with van der Waals surface area (Å²) in [7, 11) is -3.48. The van der Waals surface area contributed by atoms with Crippen LogP contribution in [0, 0.1) is 0 Å². The van der Waals surface area contributed by atoms with Gasteiger partial charge in [-0.05, 0) is 25.3 Å². The molecule has 5 heteroatoms. The van der Waals surface area contributed by atoms with E-state index in [4.69, 9.17) is 11.6 Å². The maximum atomic E-state index is 12.2. The maximum absolute atomic E-state index is 12.2. The van der Waals surface area contributed by atoms with E-state index < -0.39 is 9.84 Å². The van der Waals surface area contributed by atoms with Crippen molar-refractivity contribution in [1.29, 1.82) is 0 Å². The molecule has 2 aliphatic heterocycles. The highest BCUT2D eigenvalue weighted by Crippen LogP contribution is 2.43. The summed E-state index contributed by atoms with van der Waals surface area (Å²) in [6.07, 6.45) is 3.39. The number of likely N-dealkylation sites (tertiary alicyclic amines) is 1. The molecule has 0 bridgehead atoms. The summed E-state index contributed by atoms with van der Waals surface area (Å²) in [6.45, 7) is 1.77. The number of piperidine rings is 1. The largest absolute Gasteiger partial charge is 0.369 e. The number of hydrogen-bond acceptors (Lipinski definition) is 3. The van der Waals surface area contributed by atoms with E-state index in [1.165, 1.54) is 6.42 Å². The van der Waals surface area contributed by atoms with Crippen LogP contribution in [0.25, 0.3) is 5.70 Å². The Kier molecular flexibility index (Phi) is 2.87. The van der Waals surface area contributed by atoms with Gasteiger partial charge < -0.3 is 4.90 Å². The highest BCUT2D eigenvalue weighted by atomic mass is 35.5. The average molecular weight is 284 g/mol. The summed E-state index contributed by atoms with van der Waals surface area (Å²) in [5, 5.41) is 0. The van der Waals surface area contributed by atoms with Crippen LogP contribution in [0.2, 0.25) is 0 Å². The summed E-state index contributed by atoms with van der Waals surface area (Å²) in [5.41, 5.74) is 1.45. The van der Waals surface area contributed by atoms with Crippen molar-refractivity contribution >= 4 is 27.1 Å². The molecule has 0 N–H and O–H groups in total. The van der Waals surface area contributed by atoms with Gasteiger partial charge in [0, 0.05) is 18.7 Å². The number of hydrogen-bond donors (Lipinski definition) is 0. The number of rotatable bonds is 1. The van der Waals surface area contributed by atoms with Gasteiger partial charge in [-0.15, -0.1) is 0 Å². The van der Waals surface area contributed by atoms with Crippen molar-refractivity contribution < 1.29 is 8.42 Å². The van der Waals surface area contributed by atoms with Crippen LogP contribution in [0.1, 0.15) is 24.8 Å². The lowest BCUT2D eigenvalue weighted by atomic mass is 10.1. The van der Waals surface area contributed by atoms with Gasteiger partial charge in [-0.3, -0.25) is 0 Å². The lowest BCUT2D eigenvalue weighted by Gasteiger charge is -2.30. The molecule has 2 heterocycles. The van der Waals surface area contributed by atoms with Crippen LogP contribution < -0.4 is 0 Å². The van der Waals surface area contributed by atoms with Crippen LogP contribution in [0.5, 0.6) is 0 Å². The van der Waals surface area contributed by atoms with Gasteiger partial charge in [-0.1, -0.05) is 29.8 Å². The second-order valence-corrected chi connectivity index (χ2v) is 7.13. The molecule has 0 unspecified atom stereocenters. The maximum Gasteiger partial charge on any atom is 0.220 e. The SMILES string of the molecule is O=S1(=O)C(Cl)=C(N2CCCCC2)c2ccccc21. The van der Waals surface area contributed by atoms with Crippen LogP contribution in [-0.2, 0) is 9.84 Å². The van der Waals surface area contributed by atoms with E-state index in [-0.39, 0.29) is 4.36 Å². The van der Waals surface area contributed by atoms with Crippen molar-refractivity contribution in [3.63, 3.8) is 0 Å². The van der Waals surface area contributed by atoms with Crippen LogP contribution in [0.4, 0.5) is 0 Å². The third-order valence-corrected chi connectivity index (χ3v) is 5.91. The third-order valence-electron chi connectivity index (χ3n) is 3.53. The zero-order valence-electron chi connectivity index (χ0n) is 9.89. The van der Waals surface area contributed by atoms with Crippen LogP contribution in [0.3, 0.4) is 0 Å². The molecule has 1 aromatic rings. The molecule has 0 aromatic heterocycles. The van der Waals surface area contributed by atoms with Gasteiger partial charge in [0.1, 0.15) is 0 Å². The summed E-state index contributed by atoms with van der Waals surface area (Å²) >= 11 is 6.12. The van der Waals surface area contributed by atoms with E-state index in [2.05, 4.69) is 4.90 Å². The Labute approximate surface area is 112 Å². The zero-order chi connectivity index (χ0) is 12.8. The molecule has 0 saturated carbocycles. The Hall–Kier alpha value is -1.00. The van der Waals surface area contributed by atoms with Gasteiger partial charge >= 0.3 is 0 Å².